The van der Waals surface area contributed by atoms with Gasteiger partial charge in [0.15, 0.2) is 5.69 Å². The van der Waals surface area contributed by atoms with Crippen LogP contribution in [-0.2, 0) is 6.54 Å². The van der Waals surface area contributed by atoms with E-state index in [0.717, 1.165) is 48.1 Å². The van der Waals surface area contributed by atoms with Crippen molar-refractivity contribution in [3.05, 3.63) is 60.2 Å². The van der Waals surface area contributed by atoms with Crippen molar-refractivity contribution >= 4 is 22.4 Å². The first-order valence-corrected chi connectivity index (χ1v) is 9.12. The maximum absolute atomic E-state index is 10.8. The Kier molecular flexibility index (Phi) is 4.78. The molecule has 5 heteroatoms. The van der Waals surface area contributed by atoms with Crippen molar-refractivity contribution in [3.8, 4) is 5.88 Å². The molecule has 0 unspecified atom stereocenters. The average molecular weight is 346 g/mol. The SMILES string of the molecule is Oc1c(N=NC2=NCCCCC2)c2ccccc2n1Cc1ccccc1. The second-order valence-electron chi connectivity index (χ2n) is 6.57. The van der Waals surface area contributed by atoms with Crippen LogP contribution < -0.4 is 0 Å². The summed E-state index contributed by atoms with van der Waals surface area (Å²) in [5.41, 5.74) is 2.59. The van der Waals surface area contributed by atoms with Crippen LogP contribution in [0.3, 0.4) is 0 Å². The third-order valence-corrected chi connectivity index (χ3v) is 4.72. The molecule has 0 atom stereocenters. The fraction of sp³-hybridized carbons (Fsp3) is 0.286. The normalized spacial score (nSPS) is 15.3. The zero-order valence-corrected chi connectivity index (χ0v) is 14.7. The largest absolute Gasteiger partial charge is 0.493 e. The predicted molar refractivity (Wildman–Crippen MR) is 104 cm³/mol. The average Bonchev–Trinajstić information content (AvgIpc) is 2.85. The summed E-state index contributed by atoms with van der Waals surface area (Å²) >= 11 is 0. The Morgan fingerprint density at radius 3 is 2.62 bits per heavy atom. The van der Waals surface area contributed by atoms with E-state index in [1.54, 1.807) is 0 Å². The summed E-state index contributed by atoms with van der Waals surface area (Å²) in [6, 6.07) is 18.0. The van der Waals surface area contributed by atoms with E-state index >= 15 is 0 Å². The van der Waals surface area contributed by atoms with Gasteiger partial charge in [-0.1, -0.05) is 55.0 Å². The molecule has 0 radical (unpaired) electrons. The molecule has 2 aromatic carbocycles. The number of hydrogen-bond donors (Lipinski definition) is 1. The van der Waals surface area contributed by atoms with Gasteiger partial charge in [-0.05, 0) is 24.5 Å². The smallest absolute Gasteiger partial charge is 0.221 e. The van der Waals surface area contributed by atoms with Gasteiger partial charge in [0, 0.05) is 18.4 Å². The molecule has 3 aromatic rings. The molecule has 0 spiro atoms. The van der Waals surface area contributed by atoms with Crippen molar-refractivity contribution in [1.29, 1.82) is 0 Å². The van der Waals surface area contributed by atoms with Crippen LogP contribution in [0.1, 0.15) is 31.2 Å². The van der Waals surface area contributed by atoms with Crippen LogP contribution in [0.5, 0.6) is 5.88 Å². The Labute approximate surface area is 152 Å². The molecule has 1 aliphatic heterocycles. The Bertz CT molecular complexity index is 957. The summed E-state index contributed by atoms with van der Waals surface area (Å²) in [5.74, 6) is 0.926. The first kappa shape index (κ1) is 16.5. The molecule has 5 nitrogen and oxygen atoms in total. The number of aromatic hydroxyl groups is 1. The topological polar surface area (TPSA) is 62.2 Å². The fourth-order valence-electron chi connectivity index (χ4n) is 3.34. The minimum Gasteiger partial charge on any atom is -0.493 e. The number of aliphatic imine (C=N–C) groups is 1. The Morgan fingerprint density at radius 1 is 0.923 bits per heavy atom. The molecule has 1 N–H and O–H groups in total. The number of azo groups is 1. The van der Waals surface area contributed by atoms with Crippen LogP contribution in [0.15, 0.2) is 69.8 Å². The standard InChI is InChI=1S/C21H22N4O/c26-21-20(24-23-19-13-5-2-8-14-22-19)17-11-6-7-12-18(17)25(21)15-16-9-3-1-4-10-16/h1,3-4,6-7,9-12,26H,2,5,8,13-15H2. The molecule has 1 aliphatic rings. The van der Waals surface area contributed by atoms with Gasteiger partial charge in [-0.25, -0.2) is 0 Å². The summed E-state index contributed by atoms with van der Waals surface area (Å²) < 4.78 is 1.88. The number of benzene rings is 2. The third kappa shape index (κ3) is 3.38. The summed E-state index contributed by atoms with van der Waals surface area (Å²) in [4.78, 5) is 4.49. The lowest BCUT2D eigenvalue weighted by atomic mass is 10.2. The van der Waals surface area contributed by atoms with Gasteiger partial charge in [-0.15, -0.1) is 10.2 Å². The lowest BCUT2D eigenvalue weighted by Crippen LogP contribution is -1.98. The van der Waals surface area contributed by atoms with E-state index in [-0.39, 0.29) is 5.88 Å². The molecule has 0 bridgehead atoms. The van der Waals surface area contributed by atoms with Gasteiger partial charge in [0.1, 0.15) is 5.84 Å². The van der Waals surface area contributed by atoms with Crippen LogP contribution in [0.25, 0.3) is 10.9 Å². The van der Waals surface area contributed by atoms with E-state index in [2.05, 4.69) is 27.4 Å². The van der Waals surface area contributed by atoms with E-state index in [1.165, 1.54) is 6.42 Å². The van der Waals surface area contributed by atoms with Crippen molar-refractivity contribution in [2.45, 2.75) is 32.2 Å². The van der Waals surface area contributed by atoms with Crippen LogP contribution in [-0.4, -0.2) is 22.1 Å². The van der Waals surface area contributed by atoms with Gasteiger partial charge in [-0.3, -0.25) is 4.99 Å². The second-order valence-corrected chi connectivity index (χ2v) is 6.57. The molecule has 26 heavy (non-hydrogen) atoms. The van der Waals surface area contributed by atoms with Crippen molar-refractivity contribution in [3.63, 3.8) is 0 Å². The van der Waals surface area contributed by atoms with Gasteiger partial charge in [0.25, 0.3) is 0 Å². The second kappa shape index (κ2) is 7.52. The minimum absolute atomic E-state index is 0.146. The molecular formula is C21H22N4O. The molecule has 1 aromatic heterocycles. The number of aromatic nitrogens is 1. The molecular weight excluding hydrogens is 324 g/mol. The maximum atomic E-state index is 10.8. The highest BCUT2D eigenvalue weighted by atomic mass is 16.3. The lowest BCUT2D eigenvalue weighted by Gasteiger charge is -2.06. The minimum atomic E-state index is 0.146. The molecule has 0 fully saturated rings. The quantitative estimate of drug-likeness (QED) is 0.630. The highest BCUT2D eigenvalue weighted by Gasteiger charge is 2.16. The van der Waals surface area contributed by atoms with Crippen LogP contribution in [0.4, 0.5) is 5.69 Å². The monoisotopic (exact) mass is 346 g/mol. The lowest BCUT2D eigenvalue weighted by molar-refractivity contribution is 0.429. The van der Waals surface area contributed by atoms with Crippen molar-refractivity contribution < 1.29 is 5.11 Å². The zero-order valence-electron chi connectivity index (χ0n) is 14.7. The highest BCUT2D eigenvalue weighted by molar-refractivity contribution is 5.95. The van der Waals surface area contributed by atoms with E-state index in [0.29, 0.717) is 12.2 Å². The summed E-state index contributed by atoms with van der Waals surface area (Å²) in [5, 5.41) is 20.5. The maximum Gasteiger partial charge on any atom is 0.221 e. The summed E-state index contributed by atoms with van der Waals surface area (Å²) in [7, 11) is 0. The van der Waals surface area contributed by atoms with E-state index in [1.807, 2.05) is 47.0 Å². The van der Waals surface area contributed by atoms with Gasteiger partial charge in [0.05, 0.1) is 12.1 Å². The first-order valence-electron chi connectivity index (χ1n) is 9.12. The fourth-order valence-corrected chi connectivity index (χ4v) is 3.34. The molecule has 0 amide bonds. The van der Waals surface area contributed by atoms with Gasteiger partial charge >= 0.3 is 0 Å². The van der Waals surface area contributed by atoms with Crippen LogP contribution >= 0.6 is 0 Å². The van der Waals surface area contributed by atoms with Gasteiger partial charge in [-0.2, -0.15) is 0 Å². The highest BCUT2D eigenvalue weighted by Crippen LogP contribution is 2.39. The summed E-state index contributed by atoms with van der Waals surface area (Å²) in [6.45, 7) is 1.40. The number of para-hydroxylation sites is 1. The van der Waals surface area contributed by atoms with E-state index in [9.17, 15) is 5.11 Å². The zero-order chi connectivity index (χ0) is 17.8. The van der Waals surface area contributed by atoms with Crippen molar-refractivity contribution in [2.24, 2.45) is 15.2 Å². The Morgan fingerprint density at radius 2 is 1.73 bits per heavy atom. The van der Waals surface area contributed by atoms with Crippen LogP contribution in [0.2, 0.25) is 0 Å². The molecule has 0 saturated carbocycles. The van der Waals surface area contributed by atoms with Gasteiger partial charge in [0.2, 0.25) is 5.88 Å². The Balaban J connectivity index is 1.73. The number of hydrogen-bond acceptors (Lipinski definition) is 4. The molecule has 2 heterocycles. The van der Waals surface area contributed by atoms with E-state index in [4.69, 9.17) is 0 Å². The number of fused-ring (bicyclic) bond motifs is 1. The molecule has 0 saturated heterocycles. The number of nitrogens with zero attached hydrogens (tertiary/aromatic N) is 4. The van der Waals surface area contributed by atoms with E-state index < -0.39 is 0 Å². The first-order chi connectivity index (χ1) is 12.8. The number of amidine groups is 1. The molecule has 132 valence electrons. The predicted octanol–water partition coefficient (Wildman–Crippen LogP) is 5.45. The molecule has 0 aliphatic carbocycles. The summed E-state index contributed by atoms with van der Waals surface area (Å²) in [6.07, 6.45) is 4.25. The van der Waals surface area contributed by atoms with Gasteiger partial charge < -0.3 is 9.67 Å². The van der Waals surface area contributed by atoms with Crippen LogP contribution in [0, 0.1) is 0 Å². The van der Waals surface area contributed by atoms with Crippen molar-refractivity contribution in [2.75, 3.05) is 6.54 Å². The van der Waals surface area contributed by atoms with Crippen molar-refractivity contribution in [1.82, 2.24) is 4.57 Å². The number of rotatable bonds is 3. The Hall–Kier alpha value is -2.95. The third-order valence-electron chi connectivity index (χ3n) is 4.72. The molecule has 4 rings (SSSR count).